The fourth-order valence-corrected chi connectivity index (χ4v) is 4.12. The molecule has 0 fully saturated rings. The molecule has 2 rings (SSSR count). The summed E-state index contributed by atoms with van der Waals surface area (Å²) >= 11 is 7.23. The normalized spacial score (nSPS) is 13.4. The molecule has 0 bridgehead atoms. The predicted molar refractivity (Wildman–Crippen MR) is 74.7 cm³/mol. The molecule has 19 heavy (non-hydrogen) atoms. The van der Waals surface area contributed by atoms with Gasteiger partial charge >= 0.3 is 0 Å². The number of pyridine rings is 1. The molecule has 0 aliphatic rings. The lowest BCUT2D eigenvalue weighted by Crippen LogP contribution is -2.28. The van der Waals surface area contributed by atoms with Crippen molar-refractivity contribution in [1.82, 2.24) is 14.7 Å². The van der Waals surface area contributed by atoms with Crippen molar-refractivity contribution >= 4 is 33.0 Å². The van der Waals surface area contributed by atoms with Gasteiger partial charge in [0.05, 0.1) is 6.04 Å². The van der Waals surface area contributed by atoms with Gasteiger partial charge in [-0.3, -0.25) is 0 Å². The fraction of sp³-hybridized carbons (Fsp3) is 0.273. The monoisotopic (exact) mass is 317 g/mol. The zero-order valence-electron chi connectivity index (χ0n) is 10.1. The maximum absolute atomic E-state index is 12.3. The lowest BCUT2D eigenvalue weighted by atomic mass is 10.3. The molecule has 1 N–H and O–H groups in total. The van der Waals surface area contributed by atoms with E-state index in [0.717, 1.165) is 5.01 Å². The van der Waals surface area contributed by atoms with E-state index in [4.69, 9.17) is 11.6 Å². The maximum Gasteiger partial charge on any atom is 0.244 e. The summed E-state index contributed by atoms with van der Waals surface area (Å²) in [4.78, 5) is 7.88. The highest BCUT2D eigenvalue weighted by Crippen LogP contribution is 2.24. The van der Waals surface area contributed by atoms with Crippen LogP contribution in [0.15, 0.2) is 34.8 Å². The number of hydrogen-bond acceptors (Lipinski definition) is 5. The molecule has 2 heterocycles. The minimum absolute atomic E-state index is 0.0216. The number of thiazole rings is 1. The highest BCUT2D eigenvalue weighted by molar-refractivity contribution is 7.89. The van der Waals surface area contributed by atoms with Gasteiger partial charge in [-0.25, -0.2) is 23.1 Å². The van der Waals surface area contributed by atoms with Gasteiger partial charge in [0.15, 0.2) is 0 Å². The van der Waals surface area contributed by atoms with Crippen LogP contribution in [-0.2, 0) is 10.0 Å². The molecular weight excluding hydrogens is 306 g/mol. The van der Waals surface area contributed by atoms with Crippen LogP contribution < -0.4 is 4.72 Å². The van der Waals surface area contributed by atoms with Gasteiger partial charge in [0.25, 0.3) is 0 Å². The molecule has 0 aromatic carbocycles. The van der Waals surface area contributed by atoms with E-state index in [-0.39, 0.29) is 16.1 Å². The number of nitrogens with zero attached hydrogens (tertiary/aromatic N) is 2. The summed E-state index contributed by atoms with van der Waals surface area (Å²) in [6.45, 7) is 1.89. The Kier molecular flexibility index (Phi) is 4.51. The Balaban J connectivity index is 2.29. The molecule has 1 atom stereocenters. The first-order valence-corrected chi connectivity index (χ1v) is 8.31. The summed E-state index contributed by atoms with van der Waals surface area (Å²) in [5, 5.41) is 2.50. The molecule has 0 spiro atoms. The van der Waals surface area contributed by atoms with Crippen LogP contribution in [0.3, 0.4) is 0 Å². The summed E-state index contributed by atoms with van der Waals surface area (Å²) in [5.74, 6) is 0. The van der Waals surface area contributed by atoms with Crippen molar-refractivity contribution < 1.29 is 8.42 Å². The molecular formula is C11H12ClN3O2S2. The zero-order chi connectivity index (χ0) is 13.9. The standard InChI is InChI=1S/C11H12ClN3O2S2/c1-2-8(11-14-6-7-18-11)15-19(16,17)9-4-3-5-13-10(9)12/h3-8,15H,2H2,1H3. The van der Waals surface area contributed by atoms with Gasteiger partial charge in [-0.05, 0) is 18.6 Å². The summed E-state index contributed by atoms with van der Waals surface area (Å²) in [6.07, 6.45) is 3.69. The largest absolute Gasteiger partial charge is 0.248 e. The summed E-state index contributed by atoms with van der Waals surface area (Å²) in [6, 6.07) is 2.60. The molecule has 0 saturated carbocycles. The smallest absolute Gasteiger partial charge is 0.244 e. The molecule has 0 radical (unpaired) electrons. The Labute approximate surface area is 120 Å². The van der Waals surface area contributed by atoms with Gasteiger partial charge < -0.3 is 0 Å². The number of rotatable bonds is 5. The second kappa shape index (κ2) is 5.96. The van der Waals surface area contributed by atoms with Crippen molar-refractivity contribution in [2.24, 2.45) is 0 Å². The third kappa shape index (κ3) is 3.30. The van der Waals surface area contributed by atoms with Crippen molar-refractivity contribution in [1.29, 1.82) is 0 Å². The van der Waals surface area contributed by atoms with E-state index in [1.807, 2.05) is 12.3 Å². The lowest BCUT2D eigenvalue weighted by Gasteiger charge is -2.15. The second-order valence-electron chi connectivity index (χ2n) is 3.74. The van der Waals surface area contributed by atoms with Gasteiger partial charge in [0.2, 0.25) is 10.0 Å². The summed E-state index contributed by atoms with van der Waals surface area (Å²) in [5.41, 5.74) is 0. The van der Waals surface area contributed by atoms with Gasteiger partial charge in [-0.2, -0.15) is 0 Å². The maximum atomic E-state index is 12.3. The molecule has 2 aromatic rings. The van der Waals surface area contributed by atoms with Gasteiger partial charge in [0, 0.05) is 17.8 Å². The molecule has 2 aromatic heterocycles. The van der Waals surface area contributed by atoms with Crippen molar-refractivity contribution in [3.8, 4) is 0 Å². The first kappa shape index (κ1) is 14.4. The van der Waals surface area contributed by atoms with E-state index in [1.54, 1.807) is 6.20 Å². The molecule has 1 unspecified atom stereocenters. The average molecular weight is 318 g/mol. The second-order valence-corrected chi connectivity index (χ2v) is 6.71. The Morgan fingerprint density at radius 1 is 1.42 bits per heavy atom. The first-order valence-electron chi connectivity index (χ1n) is 5.57. The SMILES string of the molecule is CCC(NS(=O)(=O)c1cccnc1Cl)c1nccs1. The predicted octanol–water partition coefficient (Wildman–Crippen LogP) is 2.62. The van der Waals surface area contributed by atoms with Gasteiger partial charge in [-0.15, -0.1) is 11.3 Å². The molecule has 8 heteroatoms. The number of sulfonamides is 1. The van der Waals surface area contributed by atoms with Crippen LogP contribution in [0, 0.1) is 0 Å². The van der Waals surface area contributed by atoms with Gasteiger partial charge in [0.1, 0.15) is 15.1 Å². The van der Waals surface area contributed by atoms with Crippen molar-refractivity contribution in [2.75, 3.05) is 0 Å². The number of hydrogen-bond donors (Lipinski definition) is 1. The molecule has 0 aliphatic carbocycles. The van der Waals surface area contributed by atoms with Crippen molar-refractivity contribution in [3.05, 3.63) is 40.1 Å². The Hall–Kier alpha value is -1.02. The number of aromatic nitrogens is 2. The topological polar surface area (TPSA) is 72.0 Å². The molecule has 102 valence electrons. The Bertz CT molecular complexity index is 644. The lowest BCUT2D eigenvalue weighted by molar-refractivity contribution is 0.548. The van der Waals surface area contributed by atoms with E-state index in [2.05, 4.69) is 14.7 Å². The van der Waals surface area contributed by atoms with Crippen LogP contribution in [0.25, 0.3) is 0 Å². The number of halogens is 1. The van der Waals surface area contributed by atoms with E-state index < -0.39 is 10.0 Å². The first-order chi connectivity index (χ1) is 9.04. The minimum Gasteiger partial charge on any atom is -0.248 e. The quantitative estimate of drug-likeness (QED) is 0.860. The molecule has 0 aliphatic heterocycles. The van der Waals surface area contributed by atoms with Crippen LogP contribution in [0.1, 0.15) is 24.4 Å². The highest BCUT2D eigenvalue weighted by atomic mass is 35.5. The van der Waals surface area contributed by atoms with Crippen LogP contribution >= 0.6 is 22.9 Å². The van der Waals surface area contributed by atoms with Crippen molar-refractivity contribution in [3.63, 3.8) is 0 Å². The number of nitrogens with one attached hydrogen (secondary N) is 1. The van der Waals surface area contributed by atoms with Gasteiger partial charge in [-0.1, -0.05) is 18.5 Å². The highest BCUT2D eigenvalue weighted by Gasteiger charge is 2.24. The Morgan fingerprint density at radius 3 is 2.79 bits per heavy atom. The average Bonchev–Trinajstić information content (AvgIpc) is 2.90. The zero-order valence-corrected chi connectivity index (χ0v) is 12.5. The summed E-state index contributed by atoms with van der Waals surface area (Å²) < 4.78 is 27.1. The third-order valence-corrected chi connectivity index (χ3v) is 5.28. The van der Waals surface area contributed by atoms with E-state index in [1.165, 1.54) is 29.7 Å². The van der Waals surface area contributed by atoms with Crippen LogP contribution in [0.5, 0.6) is 0 Å². The Morgan fingerprint density at radius 2 is 2.21 bits per heavy atom. The molecule has 5 nitrogen and oxygen atoms in total. The van der Waals surface area contributed by atoms with E-state index >= 15 is 0 Å². The molecule has 0 amide bonds. The van der Waals surface area contributed by atoms with E-state index in [9.17, 15) is 8.42 Å². The van der Waals surface area contributed by atoms with Crippen molar-refractivity contribution in [2.45, 2.75) is 24.3 Å². The van der Waals surface area contributed by atoms with Crippen LogP contribution in [0.4, 0.5) is 0 Å². The summed E-state index contributed by atoms with van der Waals surface area (Å²) in [7, 11) is -3.71. The van der Waals surface area contributed by atoms with Crippen LogP contribution in [0.2, 0.25) is 5.15 Å². The third-order valence-electron chi connectivity index (χ3n) is 2.47. The van der Waals surface area contributed by atoms with E-state index in [0.29, 0.717) is 6.42 Å². The molecule has 0 saturated heterocycles. The minimum atomic E-state index is -3.71. The van der Waals surface area contributed by atoms with Crippen LogP contribution in [-0.4, -0.2) is 18.4 Å². The fourth-order valence-electron chi connectivity index (χ4n) is 1.54.